The Kier molecular flexibility index (Phi) is 4.10. The highest BCUT2D eigenvalue weighted by molar-refractivity contribution is 9.10. The molecule has 18 heavy (non-hydrogen) atoms. The Morgan fingerprint density at radius 3 is 2.72 bits per heavy atom. The summed E-state index contributed by atoms with van der Waals surface area (Å²) in [5.74, 6) is 0.0399. The van der Waals surface area contributed by atoms with E-state index in [0.29, 0.717) is 5.41 Å². The molecule has 0 aromatic heterocycles. The predicted octanol–water partition coefficient (Wildman–Crippen LogP) is 4.07. The number of carbonyl (C=O) groups excluding carboxylic acids is 1. The Morgan fingerprint density at radius 2 is 2.17 bits per heavy atom. The van der Waals surface area contributed by atoms with Crippen molar-refractivity contribution in [3.05, 3.63) is 33.8 Å². The quantitative estimate of drug-likeness (QED) is 0.873. The molecule has 2 rings (SSSR count). The van der Waals surface area contributed by atoms with Gasteiger partial charge in [-0.3, -0.25) is 4.79 Å². The molecule has 3 heteroatoms. The molecule has 2 nitrogen and oxygen atoms in total. The molecule has 1 aromatic rings. The van der Waals surface area contributed by atoms with Crippen molar-refractivity contribution in [1.82, 2.24) is 5.32 Å². The lowest BCUT2D eigenvalue weighted by molar-refractivity contribution is 0.0943. The highest BCUT2D eigenvalue weighted by atomic mass is 79.9. The number of carbonyl (C=O) groups is 1. The zero-order valence-corrected chi connectivity index (χ0v) is 12.6. The van der Waals surface area contributed by atoms with Crippen molar-refractivity contribution in [2.24, 2.45) is 5.41 Å². The molecule has 0 heterocycles. The molecule has 98 valence electrons. The summed E-state index contributed by atoms with van der Waals surface area (Å²) in [5, 5.41) is 3.07. The Labute approximate surface area is 117 Å². The summed E-state index contributed by atoms with van der Waals surface area (Å²) in [7, 11) is 0. The van der Waals surface area contributed by atoms with E-state index in [2.05, 4.69) is 28.2 Å². The molecule has 1 aliphatic rings. The number of hydrogen-bond donors (Lipinski definition) is 1. The molecule has 0 atom stereocenters. The molecular weight excluding hydrogens is 290 g/mol. The lowest BCUT2D eigenvalue weighted by Crippen LogP contribution is -2.30. The Hall–Kier alpha value is -0.830. The topological polar surface area (TPSA) is 29.1 Å². The highest BCUT2D eigenvalue weighted by Gasteiger charge is 2.41. The van der Waals surface area contributed by atoms with E-state index in [9.17, 15) is 4.79 Å². The van der Waals surface area contributed by atoms with Crippen LogP contribution in [0.4, 0.5) is 0 Å². The van der Waals surface area contributed by atoms with Crippen LogP contribution < -0.4 is 5.32 Å². The molecule has 0 saturated heterocycles. The average Bonchev–Trinajstić information content (AvgIpc) is 3.11. The van der Waals surface area contributed by atoms with Gasteiger partial charge in [-0.2, -0.15) is 0 Å². The molecule has 1 aliphatic carbocycles. The van der Waals surface area contributed by atoms with Gasteiger partial charge in [0.15, 0.2) is 0 Å². The highest BCUT2D eigenvalue weighted by Crippen LogP contribution is 2.48. The van der Waals surface area contributed by atoms with Crippen molar-refractivity contribution < 1.29 is 4.79 Å². The van der Waals surface area contributed by atoms with Gasteiger partial charge in [-0.1, -0.05) is 35.3 Å². The third-order valence-electron chi connectivity index (χ3n) is 3.80. The van der Waals surface area contributed by atoms with Gasteiger partial charge in [-0.15, -0.1) is 0 Å². The molecule has 0 aliphatic heterocycles. The monoisotopic (exact) mass is 309 g/mol. The normalized spacial score (nSPS) is 16.4. The SMILES string of the molecule is CCCC1(CNC(=O)c2ccc(C)c(Br)c2)CC1. The van der Waals surface area contributed by atoms with Crippen molar-refractivity contribution >= 4 is 21.8 Å². The average molecular weight is 310 g/mol. The summed E-state index contributed by atoms with van der Waals surface area (Å²) in [6.45, 7) is 5.05. The number of amides is 1. The largest absolute Gasteiger partial charge is 0.351 e. The first-order valence-corrected chi connectivity index (χ1v) is 7.40. The van der Waals surface area contributed by atoms with Gasteiger partial charge in [0.2, 0.25) is 0 Å². The van der Waals surface area contributed by atoms with E-state index in [-0.39, 0.29) is 5.91 Å². The summed E-state index contributed by atoms with van der Waals surface area (Å²) in [5.41, 5.74) is 2.29. The van der Waals surface area contributed by atoms with E-state index in [1.807, 2.05) is 25.1 Å². The minimum atomic E-state index is 0.0399. The standard InChI is InChI=1S/C15H20BrNO/c1-3-6-15(7-8-15)10-17-14(18)12-5-4-11(2)13(16)9-12/h4-5,9H,3,6-8,10H2,1-2H3,(H,17,18). The van der Waals surface area contributed by atoms with Crippen LogP contribution in [0.25, 0.3) is 0 Å². The third-order valence-corrected chi connectivity index (χ3v) is 4.65. The van der Waals surface area contributed by atoms with Gasteiger partial charge in [-0.05, 0) is 49.3 Å². The molecule has 1 amide bonds. The van der Waals surface area contributed by atoms with Crippen LogP contribution in [0.3, 0.4) is 0 Å². The fraction of sp³-hybridized carbons (Fsp3) is 0.533. The van der Waals surface area contributed by atoms with Gasteiger partial charge in [0, 0.05) is 16.6 Å². The van der Waals surface area contributed by atoms with E-state index in [1.165, 1.54) is 25.7 Å². The van der Waals surface area contributed by atoms with Crippen LogP contribution in [0.5, 0.6) is 0 Å². The molecule has 1 saturated carbocycles. The minimum Gasteiger partial charge on any atom is -0.351 e. The second-order valence-electron chi connectivity index (χ2n) is 5.40. The number of aryl methyl sites for hydroxylation is 1. The summed E-state index contributed by atoms with van der Waals surface area (Å²) in [4.78, 5) is 12.1. The lowest BCUT2D eigenvalue weighted by Gasteiger charge is -2.15. The van der Waals surface area contributed by atoms with Gasteiger partial charge >= 0.3 is 0 Å². The first-order valence-electron chi connectivity index (χ1n) is 6.61. The van der Waals surface area contributed by atoms with E-state index in [1.54, 1.807) is 0 Å². The fourth-order valence-corrected chi connectivity index (χ4v) is 2.71. The molecule has 1 N–H and O–H groups in total. The molecule has 0 unspecified atom stereocenters. The molecule has 0 spiro atoms. The Morgan fingerprint density at radius 1 is 1.44 bits per heavy atom. The van der Waals surface area contributed by atoms with Crippen LogP contribution in [-0.2, 0) is 0 Å². The Balaban J connectivity index is 1.93. The van der Waals surface area contributed by atoms with Gasteiger partial charge in [-0.25, -0.2) is 0 Å². The maximum Gasteiger partial charge on any atom is 0.251 e. The van der Waals surface area contributed by atoms with Crippen molar-refractivity contribution in [2.75, 3.05) is 6.54 Å². The van der Waals surface area contributed by atoms with E-state index >= 15 is 0 Å². The van der Waals surface area contributed by atoms with E-state index in [0.717, 1.165) is 22.1 Å². The Bertz CT molecular complexity index is 452. The van der Waals surface area contributed by atoms with Crippen molar-refractivity contribution in [3.63, 3.8) is 0 Å². The summed E-state index contributed by atoms with van der Waals surface area (Å²) in [6, 6.07) is 5.75. The second kappa shape index (κ2) is 5.43. The maximum absolute atomic E-state index is 12.1. The summed E-state index contributed by atoms with van der Waals surface area (Å²) < 4.78 is 0.991. The van der Waals surface area contributed by atoms with Gasteiger partial charge in [0.05, 0.1) is 0 Å². The first-order chi connectivity index (χ1) is 8.56. The van der Waals surface area contributed by atoms with Crippen LogP contribution in [0.2, 0.25) is 0 Å². The number of rotatable bonds is 5. The zero-order chi connectivity index (χ0) is 13.2. The maximum atomic E-state index is 12.1. The van der Waals surface area contributed by atoms with Gasteiger partial charge in [0.1, 0.15) is 0 Å². The third kappa shape index (κ3) is 3.14. The molecule has 1 aromatic carbocycles. The van der Waals surface area contributed by atoms with Crippen molar-refractivity contribution in [3.8, 4) is 0 Å². The van der Waals surface area contributed by atoms with Crippen LogP contribution in [0.1, 0.15) is 48.5 Å². The summed E-state index contributed by atoms with van der Waals surface area (Å²) >= 11 is 3.46. The van der Waals surface area contributed by atoms with Crippen LogP contribution in [0.15, 0.2) is 22.7 Å². The second-order valence-corrected chi connectivity index (χ2v) is 6.25. The lowest BCUT2D eigenvalue weighted by atomic mass is 10.0. The number of nitrogens with one attached hydrogen (secondary N) is 1. The van der Waals surface area contributed by atoms with E-state index in [4.69, 9.17) is 0 Å². The number of halogens is 1. The van der Waals surface area contributed by atoms with Crippen LogP contribution in [0, 0.1) is 12.3 Å². The van der Waals surface area contributed by atoms with Crippen molar-refractivity contribution in [1.29, 1.82) is 0 Å². The predicted molar refractivity (Wildman–Crippen MR) is 77.8 cm³/mol. The number of hydrogen-bond acceptors (Lipinski definition) is 1. The molecule has 1 fully saturated rings. The van der Waals surface area contributed by atoms with Crippen LogP contribution in [-0.4, -0.2) is 12.5 Å². The van der Waals surface area contributed by atoms with Crippen LogP contribution >= 0.6 is 15.9 Å². The molecular formula is C15H20BrNO. The minimum absolute atomic E-state index is 0.0399. The van der Waals surface area contributed by atoms with E-state index < -0.39 is 0 Å². The van der Waals surface area contributed by atoms with Gasteiger partial charge in [0.25, 0.3) is 5.91 Å². The fourth-order valence-electron chi connectivity index (χ4n) is 2.33. The first kappa shape index (κ1) is 13.6. The zero-order valence-electron chi connectivity index (χ0n) is 11.1. The smallest absolute Gasteiger partial charge is 0.251 e. The van der Waals surface area contributed by atoms with Gasteiger partial charge < -0.3 is 5.32 Å². The molecule has 0 radical (unpaired) electrons. The van der Waals surface area contributed by atoms with Crippen molar-refractivity contribution in [2.45, 2.75) is 39.5 Å². The molecule has 0 bridgehead atoms. The number of benzene rings is 1. The summed E-state index contributed by atoms with van der Waals surface area (Å²) in [6.07, 6.45) is 4.95.